The summed E-state index contributed by atoms with van der Waals surface area (Å²) in [6, 6.07) is 6.98. The number of carbonyl (C=O) groups is 1. The molecule has 1 aromatic carbocycles. The molecule has 1 aromatic rings. The number of halogens is 1. The fraction of sp³-hybridized carbons (Fsp3) is 0.529. The fourth-order valence-corrected chi connectivity index (χ4v) is 3.00. The molecule has 3 rings (SSSR count). The van der Waals surface area contributed by atoms with Gasteiger partial charge in [-0.3, -0.25) is 14.7 Å². The minimum Gasteiger partial charge on any atom is -0.352 e. The molecule has 7 heteroatoms. The van der Waals surface area contributed by atoms with E-state index in [1.54, 1.807) is 19.2 Å². The van der Waals surface area contributed by atoms with Crippen molar-refractivity contribution in [3.05, 3.63) is 30.1 Å². The molecule has 1 saturated carbocycles. The van der Waals surface area contributed by atoms with Crippen molar-refractivity contribution in [2.24, 2.45) is 4.99 Å². The molecule has 1 saturated heterocycles. The van der Waals surface area contributed by atoms with Gasteiger partial charge in [0.15, 0.2) is 5.96 Å². The van der Waals surface area contributed by atoms with Crippen molar-refractivity contribution < 1.29 is 9.18 Å². The highest BCUT2D eigenvalue weighted by Gasteiger charge is 2.34. The zero-order chi connectivity index (χ0) is 16.9. The van der Waals surface area contributed by atoms with Crippen LogP contribution in [0.4, 0.5) is 10.1 Å². The lowest BCUT2D eigenvalue weighted by Gasteiger charge is -2.18. The molecule has 0 spiro atoms. The predicted octanol–water partition coefficient (Wildman–Crippen LogP) is 1.17. The Morgan fingerprint density at radius 3 is 2.92 bits per heavy atom. The first kappa shape index (κ1) is 16.7. The van der Waals surface area contributed by atoms with Gasteiger partial charge in [-0.05, 0) is 37.5 Å². The van der Waals surface area contributed by atoms with E-state index in [9.17, 15) is 9.18 Å². The Bertz CT molecular complexity index is 617. The number of nitrogens with one attached hydrogen (secondary N) is 3. The standard InChI is InChI=1S/C17H24FN5O/c1-19-17(22-14-7-8-23(11-14)15-5-6-15)20-10-16(24)21-13-4-2-3-12(18)9-13/h2-4,9,14-15H,5-8,10-11H2,1H3,(H,21,24)(H2,19,20,22). The van der Waals surface area contributed by atoms with Crippen molar-refractivity contribution in [3.63, 3.8) is 0 Å². The topological polar surface area (TPSA) is 68.8 Å². The second-order valence-electron chi connectivity index (χ2n) is 6.34. The Kier molecular flexibility index (Phi) is 5.30. The summed E-state index contributed by atoms with van der Waals surface area (Å²) < 4.78 is 13.1. The lowest BCUT2D eigenvalue weighted by Crippen LogP contribution is -2.46. The zero-order valence-corrected chi connectivity index (χ0v) is 13.9. The minimum absolute atomic E-state index is 0.0786. The zero-order valence-electron chi connectivity index (χ0n) is 13.9. The Labute approximate surface area is 141 Å². The molecule has 0 bridgehead atoms. The average molecular weight is 333 g/mol. The van der Waals surface area contributed by atoms with Gasteiger partial charge >= 0.3 is 0 Å². The Morgan fingerprint density at radius 1 is 1.38 bits per heavy atom. The molecule has 1 amide bonds. The molecule has 1 aliphatic carbocycles. The van der Waals surface area contributed by atoms with Gasteiger partial charge in [-0.15, -0.1) is 0 Å². The number of amides is 1. The number of carbonyl (C=O) groups excluding carboxylic acids is 1. The lowest BCUT2D eigenvalue weighted by atomic mass is 10.3. The van der Waals surface area contributed by atoms with Crippen molar-refractivity contribution in [3.8, 4) is 0 Å². The molecule has 1 aliphatic heterocycles. The SMILES string of the molecule is CN=C(NCC(=O)Nc1cccc(F)c1)NC1CCN(C2CC2)C1. The summed E-state index contributed by atoms with van der Waals surface area (Å²) in [5, 5.41) is 9.02. The van der Waals surface area contributed by atoms with Crippen LogP contribution in [0.15, 0.2) is 29.3 Å². The van der Waals surface area contributed by atoms with E-state index in [1.165, 1.54) is 25.0 Å². The van der Waals surface area contributed by atoms with Crippen LogP contribution in [0.5, 0.6) is 0 Å². The maximum Gasteiger partial charge on any atom is 0.243 e. The highest BCUT2D eigenvalue weighted by molar-refractivity contribution is 5.95. The number of aliphatic imine (C=N–C) groups is 1. The second kappa shape index (κ2) is 7.61. The molecule has 0 aromatic heterocycles. The van der Waals surface area contributed by atoms with E-state index >= 15 is 0 Å². The fourth-order valence-electron chi connectivity index (χ4n) is 3.00. The van der Waals surface area contributed by atoms with Crippen LogP contribution in [0.25, 0.3) is 0 Å². The van der Waals surface area contributed by atoms with Crippen LogP contribution in [0, 0.1) is 5.82 Å². The monoisotopic (exact) mass is 333 g/mol. The summed E-state index contributed by atoms with van der Waals surface area (Å²) in [5.41, 5.74) is 0.445. The maximum absolute atomic E-state index is 13.1. The van der Waals surface area contributed by atoms with Gasteiger partial charge in [0.25, 0.3) is 0 Å². The number of benzene rings is 1. The van der Waals surface area contributed by atoms with E-state index in [1.807, 2.05) is 0 Å². The Balaban J connectivity index is 1.41. The molecule has 2 aliphatic rings. The van der Waals surface area contributed by atoms with Crippen LogP contribution >= 0.6 is 0 Å². The third-order valence-corrected chi connectivity index (χ3v) is 4.37. The third-order valence-electron chi connectivity index (χ3n) is 4.37. The van der Waals surface area contributed by atoms with Crippen LogP contribution in [-0.2, 0) is 4.79 Å². The number of likely N-dealkylation sites (tertiary alicyclic amines) is 1. The van der Waals surface area contributed by atoms with Gasteiger partial charge in [0.1, 0.15) is 5.82 Å². The Hall–Kier alpha value is -2.15. The normalized spacial score (nSPS) is 21.6. The summed E-state index contributed by atoms with van der Waals surface area (Å²) in [7, 11) is 1.69. The number of nitrogens with zero attached hydrogens (tertiary/aromatic N) is 2. The first-order valence-electron chi connectivity index (χ1n) is 8.40. The second-order valence-corrected chi connectivity index (χ2v) is 6.34. The molecule has 6 nitrogen and oxygen atoms in total. The largest absolute Gasteiger partial charge is 0.352 e. The number of anilines is 1. The minimum atomic E-state index is -0.375. The number of rotatable bonds is 5. The van der Waals surface area contributed by atoms with E-state index in [2.05, 4.69) is 25.8 Å². The van der Waals surface area contributed by atoms with Crippen LogP contribution < -0.4 is 16.0 Å². The highest BCUT2D eigenvalue weighted by Crippen LogP contribution is 2.29. The van der Waals surface area contributed by atoms with E-state index in [0.29, 0.717) is 17.7 Å². The summed E-state index contributed by atoms with van der Waals surface area (Å²) >= 11 is 0. The molecule has 3 N–H and O–H groups in total. The maximum atomic E-state index is 13.1. The van der Waals surface area contributed by atoms with Crippen LogP contribution in [-0.4, -0.2) is 55.5 Å². The first-order valence-corrected chi connectivity index (χ1v) is 8.40. The van der Waals surface area contributed by atoms with Gasteiger partial charge in [-0.25, -0.2) is 4.39 Å². The quantitative estimate of drug-likeness (QED) is 0.559. The first-order chi connectivity index (χ1) is 11.6. The van der Waals surface area contributed by atoms with Crippen molar-refractivity contribution >= 4 is 17.6 Å². The van der Waals surface area contributed by atoms with Crippen molar-refractivity contribution in [1.29, 1.82) is 0 Å². The molecule has 1 atom stereocenters. The van der Waals surface area contributed by atoms with Gasteiger partial charge in [0, 0.05) is 37.9 Å². The highest BCUT2D eigenvalue weighted by atomic mass is 19.1. The van der Waals surface area contributed by atoms with Gasteiger partial charge < -0.3 is 16.0 Å². The molecule has 130 valence electrons. The van der Waals surface area contributed by atoms with E-state index < -0.39 is 0 Å². The number of hydrogen-bond acceptors (Lipinski definition) is 3. The smallest absolute Gasteiger partial charge is 0.243 e. The number of hydrogen-bond donors (Lipinski definition) is 3. The van der Waals surface area contributed by atoms with Crippen LogP contribution in [0.3, 0.4) is 0 Å². The third kappa shape index (κ3) is 4.67. The average Bonchev–Trinajstić information content (AvgIpc) is 3.31. The summed E-state index contributed by atoms with van der Waals surface area (Å²) in [6.45, 7) is 2.23. The number of guanidine groups is 1. The lowest BCUT2D eigenvalue weighted by molar-refractivity contribution is -0.115. The molecule has 1 unspecified atom stereocenters. The van der Waals surface area contributed by atoms with Gasteiger partial charge in [-0.2, -0.15) is 0 Å². The van der Waals surface area contributed by atoms with Gasteiger partial charge in [0.05, 0.1) is 6.54 Å². The van der Waals surface area contributed by atoms with Crippen LogP contribution in [0.1, 0.15) is 19.3 Å². The molecular weight excluding hydrogens is 309 g/mol. The van der Waals surface area contributed by atoms with E-state index in [-0.39, 0.29) is 18.3 Å². The molecule has 24 heavy (non-hydrogen) atoms. The van der Waals surface area contributed by atoms with Crippen molar-refractivity contribution in [2.45, 2.75) is 31.3 Å². The Morgan fingerprint density at radius 2 is 2.21 bits per heavy atom. The van der Waals surface area contributed by atoms with E-state index in [4.69, 9.17) is 0 Å². The summed E-state index contributed by atoms with van der Waals surface area (Å²) in [5.74, 6) is 0.00121. The summed E-state index contributed by atoms with van der Waals surface area (Å²) in [6.07, 6.45) is 3.73. The molecule has 1 heterocycles. The molecular formula is C17H24FN5O. The van der Waals surface area contributed by atoms with Crippen LogP contribution in [0.2, 0.25) is 0 Å². The van der Waals surface area contributed by atoms with Gasteiger partial charge in [0.2, 0.25) is 5.91 Å². The molecule has 2 fully saturated rings. The predicted molar refractivity (Wildman–Crippen MR) is 92.5 cm³/mol. The molecule has 0 radical (unpaired) electrons. The summed E-state index contributed by atoms with van der Waals surface area (Å²) in [4.78, 5) is 18.6. The van der Waals surface area contributed by atoms with Gasteiger partial charge in [-0.1, -0.05) is 6.07 Å². The van der Waals surface area contributed by atoms with Crippen molar-refractivity contribution in [1.82, 2.24) is 15.5 Å². The van der Waals surface area contributed by atoms with Crippen molar-refractivity contribution in [2.75, 3.05) is 32.0 Å². The van der Waals surface area contributed by atoms with E-state index in [0.717, 1.165) is 25.6 Å².